The van der Waals surface area contributed by atoms with Crippen LogP contribution in [0.2, 0.25) is 0 Å². The molecular formula is C13H16O3S. The molecule has 0 aliphatic rings. The fourth-order valence-electron chi connectivity index (χ4n) is 1.30. The molecule has 4 heteroatoms. The molecule has 1 aromatic rings. The van der Waals surface area contributed by atoms with Crippen molar-refractivity contribution >= 4 is 10.1 Å². The number of unbranched alkanes of at least 4 members (excludes halogenated alkanes) is 1. The minimum atomic E-state index is -3.36. The zero-order valence-corrected chi connectivity index (χ0v) is 10.7. The van der Waals surface area contributed by atoms with E-state index < -0.39 is 10.1 Å². The first-order chi connectivity index (χ1) is 8.08. The average Bonchev–Trinajstić information content (AvgIpc) is 2.28. The second kappa shape index (κ2) is 7.10. The first kappa shape index (κ1) is 13.8. The fraction of sp³-hybridized carbons (Fsp3) is 0.385. The van der Waals surface area contributed by atoms with Crippen molar-refractivity contribution in [2.45, 2.75) is 19.3 Å². The number of hydrogen-bond donors (Lipinski definition) is 0. The van der Waals surface area contributed by atoms with Gasteiger partial charge >= 0.3 is 0 Å². The molecule has 0 unspecified atom stereocenters. The number of rotatable bonds is 5. The molecular weight excluding hydrogens is 236 g/mol. The average molecular weight is 252 g/mol. The molecule has 1 aromatic carbocycles. The highest BCUT2D eigenvalue weighted by atomic mass is 32.2. The van der Waals surface area contributed by atoms with Crippen LogP contribution in [0, 0.1) is 11.8 Å². The van der Waals surface area contributed by atoms with E-state index in [1.54, 1.807) is 0 Å². The van der Waals surface area contributed by atoms with E-state index in [4.69, 9.17) is 0 Å². The molecule has 0 spiro atoms. The Morgan fingerprint density at radius 1 is 1.18 bits per heavy atom. The molecule has 17 heavy (non-hydrogen) atoms. The van der Waals surface area contributed by atoms with Gasteiger partial charge in [0.2, 0.25) is 0 Å². The van der Waals surface area contributed by atoms with Gasteiger partial charge in [0.25, 0.3) is 10.1 Å². The molecule has 0 atom stereocenters. The Labute approximate surface area is 103 Å². The molecule has 0 fully saturated rings. The van der Waals surface area contributed by atoms with E-state index in [1.807, 2.05) is 18.2 Å². The predicted octanol–water partition coefficient (Wildman–Crippen LogP) is 1.99. The maximum absolute atomic E-state index is 10.6. The van der Waals surface area contributed by atoms with Crippen LogP contribution in [0.15, 0.2) is 30.3 Å². The SMILES string of the molecule is CS(=O)(=O)OCC#CCCCc1ccccc1. The number of hydrogen-bond acceptors (Lipinski definition) is 3. The van der Waals surface area contributed by atoms with Crippen LogP contribution in [0.4, 0.5) is 0 Å². The molecule has 0 saturated carbocycles. The Bertz CT molecular complexity index is 480. The molecule has 0 radical (unpaired) electrons. The quantitative estimate of drug-likeness (QED) is 0.457. The normalized spacial score (nSPS) is 10.6. The van der Waals surface area contributed by atoms with Crippen molar-refractivity contribution in [3.63, 3.8) is 0 Å². The Balaban J connectivity index is 2.15. The van der Waals surface area contributed by atoms with Gasteiger partial charge in [-0.2, -0.15) is 8.42 Å². The Hall–Kier alpha value is -1.31. The maximum Gasteiger partial charge on any atom is 0.265 e. The zero-order valence-electron chi connectivity index (χ0n) is 9.85. The summed E-state index contributed by atoms with van der Waals surface area (Å²) in [6.45, 7) is -0.0514. The zero-order chi connectivity index (χ0) is 12.6. The molecule has 3 nitrogen and oxygen atoms in total. The van der Waals surface area contributed by atoms with Gasteiger partial charge in [0.05, 0.1) is 6.26 Å². The van der Waals surface area contributed by atoms with Gasteiger partial charge in [-0.05, 0) is 18.4 Å². The fourth-order valence-corrected chi connectivity index (χ4v) is 1.57. The van der Waals surface area contributed by atoms with Gasteiger partial charge in [-0.15, -0.1) is 5.92 Å². The van der Waals surface area contributed by atoms with Gasteiger partial charge in [0.15, 0.2) is 0 Å². The van der Waals surface area contributed by atoms with E-state index in [1.165, 1.54) is 5.56 Å². The van der Waals surface area contributed by atoms with Gasteiger partial charge in [-0.25, -0.2) is 0 Å². The molecule has 0 aliphatic heterocycles. The Kier molecular flexibility index (Phi) is 5.75. The summed E-state index contributed by atoms with van der Waals surface area (Å²) < 4.78 is 25.7. The third-order valence-corrected chi connectivity index (χ3v) is 2.63. The van der Waals surface area contributed by atoms with Crippen molar-refractivity contribution in [2.24, 2.45) is 0 Å². The predicted molar refractivity (Wildman–Crippen MR) is 68.0 cm³/mol. The van der Waals surface area contributed by atoms with Gasteiger partial charge in [-0.3, -0.25) is 4.18 Å². The van der Waals surface area contributed by atoms with Gasteiger partial charge < -0.3 is 0 Å². The van der Waals surface area contributed by atoms with E-state index in [0.29, 0.717) is 0 Å². The second-order valence-corrected chi connectivity index (χ2v) is 5.30. The lowest BCUT2D eigenvalue weighted by molar-refractivity contribution is 0.367. The van der Waals surface area contributed by atoms with Crippen LogP contribution in [-0.4, -0.2) is 21.3 Å². The Morgan fingerprint density at radius 2 is 1.88 bits per heavy atom. The van der Waals surface area contributed by atoms with Crippen molar-refractivity contribution in [1.82, 2.24) is 0 Å². The van der Waals surface area contributed by atoms with Crippen LogP contribution in [0.5, 0.6) is 0 Å². The van der Waals surface area contributed by atoms with Crippen molar-refractivity contribution < 1.29 is 12.6 Å². The van der Waals surface area contributed by atoms with Crippen LogP contribution in [-0.2, 0) is 20.7 Å². The summed E-state index contributed by atoms with van der Waals surface area (Å²) in [5.41, 5.74) is 1.29. The second-order valence-electron chi connectivity index (χ2n) is 3.66. The van der Waals surface area contributed by atoms with E-state index in [9.17, 15) is 8.42 Å². The molecule has 92 valence electrons. The largest absolute Gasteiger partial charge is 0.265 e. The van der Waals surface area contributed by atoms with Gasteiger partial charge in [-0.1, -0.05) is 36.3 Å². The molecule has 0 bridgehead atoms. The van der Waals surface area contributed by atoms with Crippen molar-refractivity contribution in [3.05, 3.63) is 35.9 Å². The van der Waals surface area contributed by atoms with Crippen LogP contribution in [0.25, 0.3) is 0 Å². The number of benzene rings is 1. The molecule has 0 saturated heterocycles. The van der Waals surface area contributed by atoms with E-state index >= 15 is 0 Å². The van der Waals surface area contributed by atoms with Crippen molar-refractivity contribution in [2.75, 3.05) is 12.9 Å². The minimum Gasteiger partial charge on any atom is -0.257 e. The van der Waals surface area contributed by atoms with Crippen LogP contribution in [0.1, 0.15) is 18.4 Å². The summed E-state index contributed by atoms with van der Waals surface area (Å²) >= 11 is 0. The first-order valence-electron chi connectivity index (χ1n) is 5.42. The minimum absolute atomic E-state index is 0.0514. The molecule has 0 N–H and O–H groups in total. The van der Waals surface area contributed by atoms with Gasteiger partial charge in [0, 0.05) is 6.42 Å². The molecule has 0 aromatic heterocycles. The highest BCUT2D eigenvalue weighted by Gasteiger charge is 1.97. The first-order valence-corrected chi connectivity index (χ1v) is 7.23. The van der Waals surface area contributed by atoms with E-state index in [0.717, 1.165) is 25.5 Å². The summed E-state index contributed by atoms with van der Waals surface area (Å²) in [6.07, 6.45) is 3.73. The van der Waals surface area contributed by atoms with E-state index in [-0.39, 0.29) is 6.61 Å². The lowest BCUT2D eigenvalue weighted by atomic mass is 10.1. The van der Waals surface area contributed by atoms with Crippen molar-refractivity contribution in [1.29, 1.82) is 0 Å². The molecule has 0 heterocycles. The highest BCUT2D eigenvalue weighted by molar-refractivity contribution is 7.85. The monoisotopic (exact) mass is 252 g/mol. The summed E-state index contributed by atoms with van der Waals surface area (Å²) in [6, 6.07) is 10.2. The van der Waals surface area contributed by atoms with Crippen LogP contribution < -0.4 is 0 Å². The van der Waals surface area contributed by atoms with Crippen LogP contribution in [0.3, 0.4) is 0 Å². The summed E-state index contributed by atoms with van der Waals surface area (Å²) in [7, 11) is -3.36. The van der Waals surface area contributed by atoms with Crippen LogP contribution >= 0.6 is 0 Å². The molecule has 1 rings (SSSR count). The lowest BCUT2D eigenvalue weighted by Gasteiger charge is -1.97. The molecule has 0 aliphatic carbocycles. The van der Waals surface area contributed by atoms with Crippen molar-refractivity contribution in [3.8, 4) is 11.8 Å². The summed E-state index contributed by atoms with van der Waals surface area (Å²) in [5, 5.41) is 0. The maximum atomic E-state index is 10.6. The lowest BCUT2D eigenvalue weighted by Crippen LogP contribution is -2.02. The highest BCUT2D eigenvalue weighted by Crippen LogP contribution is 2.03. The van der Waals surface area contributed by atoms with Gasteiger partial charge in [0.1, 0.15) is 6.61 Å². The smallest absolute Gasteiger partial charge is 0.257 e. The van der Waals surface area contributed by atoms with E-state index in [2.05, 4.69) is 28.2 Å². The topological polar surface area (TPSA) is 43.4 Å². The third kappa shape index (κ3) is 7.56. The molecule has 0 amide bonds. The number of aryl methyl sites for hydroxylation is 1. The summed E-state index contributed by atoms with van der Waals surface area (Å²) in [5.74, 6) is 5.57. The summed E-state index contributed by atoms with van der Waals surface area (Å²) in [4.78, 5) is 0. The standard InChI is InChI=1S/C13H16O3S/c1-17(14,15)16-12-8-3-2-5-9-13-10-6-4-7-11-13/h4,6-7,10-11H,2,5,9,12H2,1H3. The third-order valence-electron chi connectivity index (χ3n) is 2.08. The Morgan fingerprint density at radius 3 is 2.53 bits per heavy atom.